The summed E-state index contributed by atoms with van der Waals surface area (Å²) in [6, 6.07) is 4.20. The maximum atomic E-state index is 13.9. The van der Waals surface area contributed by atoms with Gasteiger partial charge in [0.05, 0.1) is 0 Å². The zero-order valence-corrected chi connectivity index (χ0v) is 23.3. The molecule has 0 aliphatic rings. The molecule has 0 aliphatic heterocycles. The summed E-state index contributed by atoms with van der Waals surface area (Å²) in [5.41, 5.74) is 1.51. The van der Waals surface area contributed by atoms with Gasteiger partial charge in [0.1, 0.15) is 17.7 Å². The number of carbonyl (C=O) groups excluding carboxylic acids is 3. The molecule has 0 radical (unpaired) electrons. The van der Waals surface area contributed by atoms with Crippen molar-refractivity contribution in [2.24, 2.45) is 0 Å². The lowest BCUT2D eigenvalue weighted by Crippen LogP contribution is -2.55. The Labute approximate surface area is 209 Å². The van der Waals surface area contributed by atoms with Gasteiger partial charge in [-0.2, -0.15) is 11.8 Å². The van der Waals surface area contributed by atoms with Crippen molar-refractivity contribution in [2.75, 3.05) is 18.6 Å². The minimum absolute atomic E-state index is 0.249. The molecule has 0 fully saturated rings. The smallest absolute Gasteiger partial charge is 0.408 e. The van der Waals surface area contributed by atoms with Gasteiger partial charge in [0.2, 0.25) is 11.8 Å². The molecule has 0 saturated carbocycles. The third-order valence-corrected chi connectivity index (χ3v) is 5.74. The van der Waals surface area contributed by atoms with Gasteiger partial charge in [0.15, 0.2) is 0 Å². The molecule has 0 bridgehead atoms. The van der Waals surface area contributed by atoms with Gasteiger partial charge in [-0.3, -0.25) is 9.59 Å². The zero-order valence-electron chi connectivity index (χ0n) is 22.5. The van der Waals surface area contributed by atoms with E-state index >= 15 is 0 Å². The second-order valence-electron chi connectivity index (χ2n) is 10.6. The van der Waals surface area contributed by atoms with Crippen LogP contribution in [0.1, 0.15) is 77.6 Å². The molecule has 0 heterocycles. The topological polar surface area (TPSA) is 87.7 Å². The van der Waals surface area contributed by atoms with E-state index in [1.165, 1.54) is 0 Å². The first-order valence-electron chi connectivity index (χ1n) is 11.8. The van der Waals surface area contributed by atoms with E-state index in [2.05, 4.69) is 10.6 Å². The number of hydrogen-bond acceptors (Lipinski definition) is 5. The van der Waals surface area contributed by atoms with Gasteiger partial charge in [0, 0.05) is 12.1 Å². The number of thioether (sulfide) groups is 1. The van der Waals surface area contributed by atoms with E-state index in [4.69, 9.17) is 4.74 Å². The molecule has 2 N–H and O–H groups in total. The van der Waals surface area contributed by atoms with Crippen LogP contribution in [0.5, 0.6) is 0 Å². The van der Waals surface area contributed by atoms with Crippen LogP contribution in [0, 0.1) is 13.8 Å². The van der Waals surface area contributed by atoms with Gasteiger partial charge in [-0.15, -0.1) is 0 Å². The molecule has 1 rings (SSSR count). The molecule has 7 nitrogen and oxygen atoms in total. The second kappa shape index (κ2) is 12.5. The molecule has 2 atom stereocenters. The van der Waals surface area contributed by atoms with E-state index in [1.807, 2.05) is 66.0 Å². The number of benzene rings is 1. The summed E-state index contributed by atoms with van der Waals surface area (Å²) >= 11 is 1.59. The minimum atomic E-state index is -0.824. The Balaban J connectivity index is 3.46. The van der Waals surface area contributed by atoms with Crippen LogP contribution in [0.25, 0.3) is 0 Å². The van der Waals surface area contributed by atoms with E-state index in [0.717, 1.165) is 16.7 Å². The van der Waals surface area contributed by atoms with Gasteiger partial charge < -0.3 is 20.3 Å². The monoisotopic (exact) mass is 493 g/mol. The van der Waals surface area contributed by atoms with Gasteiger partial charge in [0.25, 0.3) is 0 Å². The molecule has 0 aromatic heterocycles. The lowest BCUT2D eigenvalue weighted by atomic mass is 9.93. The molecule has 1 aromatic carbocycles. The van der Waals surface area contributed by atoms with Crippen LogP contribution in [-0.2, 0) is 14.3 Å². The first-order chi connectivity index (χ1) is 15.6. The summed E-state index contributed by atoms with van der Waals surface area (Å²) in [5, 5.41) is 5.80. The first kappa shape index (κ1) is 29.8. The van der Waals surface area contributed by atoms with E-state index in [9.17, 15) is 14.4 Å². The normalized spacial score (nSPS) is 13.6. The zero-order chi connectivity index (χ0) is 26.3. The Bertz CT molecular complexity index is 838. The summed E-state index contributed by atoms with van der Waals surface area (Å²) in [4.78, 5) is 41.5. The van der Waals surface area contributed by atoms with Crippen molar-refractivity contribution < 1.29 is 19.1 Å². The molecule has 1 aromatic rings. The summed E-state index contributed by atoms with van der Waals surface area (Å²) < 4.78 is 5.40. The highest BCUT2D eigenvalue weighted by atomic mass is 32.2. The highest BCUT2D eigenvalue weighted by Crippen LogP contribution is 2.29. The van der Waals surface area contributed by atoms with Crippen LogP contribution in [-0.4, -0.2) is 58.5 Å². The van der Waals surface area contributed by atoms with Crippen LogP contribution < -0.4 is 10.6 Å². The Hall–Kier alpha value is -2.22. The van der Waals surface area contributed by atoms with Gasteiger partial charge >= 0.3 is 6.09 Å². The largest absolute Gasteiger partial charge is 0.444 e. The van der Waals surface area contributed by atoms with E-state index in [0.29, 0.717) is 18.7 Å². The first-order valence-corrected chi connectivity index (χ1v) is 13.2. The Morgan fingerprint density at radius 3 is 2.06 bits per heavy atom. The van der Waals surface area contributed by atoms with Crippen molar-refractivity contribution >= 4 is 29.7 Å². The van der Waals surface area contributed by atoms with Crippen molar-refractivity contribution in [3.8, 4) is 0 Å². The van der Waals surface area contributed by atoms with Crippen LogP contribution in [0.15, 0.2) is 18.2 Å². The predicted octanol–water partition coefficient (Wildman–Crippen LogP) is 4.75. The summed E-state index contributed by atoms with van der Waals surface area (Å²) in [5.74, 6) is 0.117. The minimum Gasteiger partial charge on any atom is -0.444 e. The van der Waals surface area contributed by atoms with Gasteiger partial charge in [-0.1, -0.05) is 18.2 Å². The summed E-state index contributed by atoms with van der Waals surface area (Å²) in [6.45, 7) is 17.1. The second-order valence-corrected chi connectivity index (χ2v) is 11.5. The molecule has 0 aliphatic carbocycles. The maximum absolute atomic E-state index is 13.9. The fourth-order valence-corrected chi connectivity index (χ4v) is 4.21. The molecule has 3 amide bonds. The van der Waals surface area contributed by atoms with Gasteiger partial charge in [-0.05, 0) is 97.4 Å². The van der Waals surface area contributed by atoms with Crippen LogP contribution in [0.4, 0.5) is 4.79 Å². The van der Waals surface area contributed by atoms with Crippen LogP contribution >= 0.6 is 11.8 Å². The third kappa shape index (κ3) is 9.20. The molecule has 8 heteroatoms. The molecule has 2 unspecified atom stereocenters. The highest BCUT2D eigenvalue weighted by Gasteiger charge is 2.37. The number of nitrogens with zero attached hydrogens (tertiary/aromatic N) is 1. The average molecular weight is 494 g/mol. The number of carbonyl (C=O) groups is 3. The van der Waals surface area contributed by atoms with Crippen LogP contribution in [0.2, 0.25) is 0 Å². The number of nitrogens with one attached hydrogen (secondary N) is 2. The summed E-state index contributed by atoms with van der Waals surface area (Å²) in [7, 11) is 0. The lowest BCUT2D eigenvalue weighted by molar-refractivity contribution is -0.142. The molecule has 0 spiro atoms. The molecule has 34 heavy (non-hydrogen) atoms. The number of amides is 3. The Morgan fingerprint density at radius 1 is 1.06 bits per heavy atom. The highest BCUT2D eigenvalue weighted by molar-refractivity contribution is 7.98. The average Bonchev–Trinajstić information content (AvgIpc) is 2.67. The van der Waals surface area contributed by atoms with Gasteiger partial charge in [-0.25, -0.2) is 4.79 Å². The maximum Gasteiger partial charge on any atom is 0.408 e. The van der Waals surface area contributed by atoms with Crippen molar-refractivity contribution in [2.45, 2.75) is 92.0 Å². The molecular weight excluding hydrogens is 450 g/mol. The van der Waals surface area contributed by atoms with Crippen molar-refractivity contribution in [3.05, 3.63) is 34.9 Å². The fourth-order valence-electron chi connectivity index (χ4n) is 3.73. The van der Waals surface area contributed by atoms with Crippen molar-refractivity contribution in [1.29, 1.82) is 0 Å². The predicted molar refractivity (Wildman–Crippen MR) is 140 cm³/mol. The molecule has 192 valence electrons. The number of alkyl carbamates (subject to hydrolysis) is 1. The number of rotatable bonds is 9. The third-order valence-electron chi connectivity index (χ3n) is 5.10. The Morgan fingerprint density at radius 2 is 1.62 bits per heavy atom. The van der Waals surface area contributed by atoms with E-state index < -0.39 is 29.3 Å². The van der Waals surface area contributed by atoms with E-state index in [1.54, 1.807) is 37.4 Å². The van der Waals surface area contributed by atoms with E-state index in [-0.39, 0.29) is 11.8 Å². The number of aryl methyl sites for hydroxylation is 2. The molecular formula is C26H43N3O4S. The lowest BCUT2D eigenvalue weighted by Gasteiger charge is -2.36. The van der Waals surface area contributed by atoms with Crippen LogP contribution in [0.3, 0.4) is 0 Å². The van der Waals surface area contributed by atoms with Crippen molar-refractivity contribution in [1.82, 2.24) is 15.5 Å². The summed E-state index contributed by atoms with van der Waals surface area (Å²) in [6.07, 6.45) is 1.73. The number of ether oxygens (including phenoxy) is 1. The standard InChI is InChI=1S/C26H43N3O4S/c1-11-29(23(31)19(15-16-34-10)27-24(32)33-26(7,8)9)21(22(30)28-25(4,5)6)20-17(2)13-12-14-18(20)3/h12-14,19,21H,11,15-16H2,1-10H3,(H,27,32)(H,28,30). The molecule has 0 saturated heterocycles. The Kier molecular flexibility index (Phi) is 10.9. The number of hydrogen-bond donors (Lipinski definition) is 2. The number of likely N-dealkylation sites (N-methyl/N-ethyl adjacent to an activating group) is 1. The SMILES string of the molecule is CCN(C(=O)C(CCSC)NC(=O)OC(C)(C)C)C(C(=O)NC(C)(C)C)c1c(C)cccc1C. The fraction of sp³-hybridized carbons (Fsp3) is 0.654. The quantitative estimate of drug-likeness (QED) is 0.518. The van der Waals surface area contributed by atoms with Crippen molar-refractivity contribution in [3.63, 3.8) is 0 Å².